The van der Waals surface area contributed by atoms with Gasteiger partial charge in [-0.15, -0.1) is 0 Å². The Kier molecular flexibility index (Phi) is 4.07. The van der Waals surface area contributed by atoms with Gasteiger partial charge in [0.25, 0.3) is 0 Å². The molecule has 0 radical (unpaired) electrons. The maximum atomic E-state index is 9.84. The minimum absolute atomic E-state index is 0.0229. The number of hydrogen-bond acceptors (Lipinski definition) is 1. The molecule has 12 heavy (non-hydrogen) atoms. The fraction of sp³-hybridized carbons (Fsp3) is 1.00. The van der Waals surface area contributed by atoms with Crippen LogP contribution in [0, 0.1) is 11.8 Å². The molecule has 1 aliphatic carbocycles. The highest BCUT2D eigenvalue weighted by molar-refractivity contribution is 4.77. The molecule has 1 nitrogen and oxygen atoms in total. The highest BCUT2D eigenvalue weighted by Gasteiger charge is 2.26. The monoisotopic (exact) mass is 170 g/mol. The highest BCUT2D eigenvalue weighted by Crippen LogP contribution is 2.33. The van der Waals surface area contributed by atoms with Crippen LogP contribution in [0.2, 0.25) is 0 Å². The van der Waals surface area contributed by atoms with Crippen LogP contribution in [-0.2, 0) is 0 Å². The minimum atomic E-state index is -0.0229. The van der Waals surface area contributed by atoms with Crippen molar-refractivity contribution in [2.75, 3.05) is 0 Å². The van der Waals surface area contributed by atoms with Crippen LogP contribution in [0.3, 0.4) is 0 Å². The second kappa shape index (κ2) is 4.86. The topological polar surface area (TPSA) is 20.2 Å². The van der Waals surface area contributed by atoms with Crippen molar-refractivity contribution in [3.63, 3.8) is 0 Å². The second-order valence-electron chi connectivity index (χ2n) is 4.28. The third kappa shape index (κ3) is 2.48. The summed E-state index contributed by atoms with van der Waals surface area (Å²) in [6.45, 7) is 4.44. The van der Waals surface area contributed by atoms with E-state index in [0.717, 1.165) is 18.8 Å². The van der Waals surface area contributed by atoms with E-state index in [2.05, 4.69) is 13.8 Å². The van der Waals surface area contributed by atoms with Crippen molar-refractivity contribution >= 4 is 0 Å². The highest BCUT2D eigenvalue weighted by atomic mass is 16.3. The average Bonchev–Trinajstić information content (AvgIpc) is 2.05. The minimum Gasteiger partial charge on any atom is -0.393 e. The molecular weight excluding hydrogens is 148 g/mol. The smallest absolute Gasteiger partial charge is 0.0570 e. The van der Waals surface area contributed by atoms with Gasteiger partial charge in [-0.1, -0.05) is 39.5 Å². The van der Waals surface area contributed by atoms with Crippen molar-refractivity contribution in [1.29, 1.82) is 0 Å². The molecule has 0 aromatic heterocycles. The van der Waals surface area contributed by atoms with Crippen molar-refractivity contribution in [1.82, 2.24) is 0 Å². The lowest BCUT2D eigenvalue weighted by Gasteiger charge is -2.32. The van der Waals surface area contributed by atoms with E-state index in [9.17, 15) is 5.11 Å². The quantitative estimate of drug-likeness (QED) is 0.690. The van der Waals surface area contributed by atoms with Crippen molar-refractivity contribution in [2.24, 2.45) is 11.8 Å². The Morgan fingerprint density at radius 3 is 2.58 bits per heavy atom. The number of aliphatic hydroxyl groups is 1. The Bertz CT molecular complexity index is 122. The van der Waals surface area contributed by atoms with Crippen molar-refractivity contribution < 1.29 is 5.11 Å². The van der Waals surface area contributed by atoms with Gasteiger partial charge >= 0.3 is 0 Å². The molecule has 1 rings (SSSR count). The van der Waals surface area contributed by atoms with E-state index < -0.39 is 0 Å². The first-order valence-electron chi connectivity index (χ1n) is 5.43. The molecule has 3 unspecified atom stereocenters. The van der Waals surface area contributed by atoms with Crippen molar-refractivity contribution in [3.8, 4) is 0 Å². The number of aliphatic hydroxyl groups excluding tert-OH is 1. The van der Waals surface area contributed by atoms with Gasteiger partial charge in [0.15, 0.2) is 0 Å². The maximum Gasteiger partial charge on any atom is 0.0570 e. The summed E-state index contributed by atoms with van der Waals surface area (Å²) < 4.78 is 0. The molecule has 0 aromatic rings. The SMILES string of the molecule is CCCC(O)C1CCCCC1C. The number of rotatable bonds is 3. The summed E-state index contributed by atoms with van der Waals surface area (Å²) in [5, 5.41) is 9.84. The van der Waals surface area contributed by atoms with E-state index in [1.807, 2.05) is 0 Å². The van der Waals surface area contributed by atoms with Gasteiger partial charge in [0.2, 0.25) is 0 Å². The fourth-order valence-electron chi connectivity index (χ4n) is 2.43. The second-order valence-corrected chi connectivity index (χ2v) is 4.28. The summed E-state index contributed by atoms with van der Waals surface area (Å²) >= 11 is 0. The van der Waals surface area contributed by atoms with Crippen LogP contribution >= 0.6 is 0 Å². The molecule has 1 N–H and O–H groups in total. The van der Waals surface area contributed by atoms with Gasteiger partial charge in [0.1, 0.15) is 0 Å². The summed E-state index contributed by atoms with van der Waals surface area (Å²) in [7, 11) is 0. The summed E-state index contributed by atoms with van der Waals surface area (Å²) in [5.74, 6) is 1.35. The van der Waals surface area contributed by atoms with Crippen LogP contribution in [-0.4, -0.2) is 11.2 Å². The normalized spacial score (nSPS) is 33.2. The first kappa shape index (κ1) is 10.0. The first-order valence-corrected chi connectivity index (χ1v) is 5.43. The standard InChI is InChI=1S/C11H22O/c1-3-6-11(12)10-8-5-4-7-9(10)2/h9-12H,3-8H2,1-2H3. The van der Waals surface area contributed by atoms with Gasteiger partial charge in [-0.3, -0.25) is 0 Å². The summed E-state index contributed by atoms with van der Waals surface area (Å²) in [6.07, 6.45) is 7.37. The summed E-state index contributed by atoms with van der Waals surface area (Å²) in [6, 6.07) is 0. The maximum absolute atomic E-state index is 9.84. The Hall–Kier alpha value is -0.0400. The van der Waals surface area contributed by atoms with Crippen LogP contribution in [0.15, 0.2) is 0 Å². The van der Waals surface area contributed by atoms with Crippen molar-refractivity contribution in [3.05, 3.63) is 0 Å². The van der Waals surface area contributed by atoms with Crippen LogP contribution < -0.4 is 0 Å². The molecule has 0 aromatic carbocycles. The molecular formula is C11H22O. The Balaban J connectivity index is 2.36. The predicted molar refractivity (Wildman–Crippen MR) is 52.0 cm³/mol. The van der Waals surface area contributed by atoms with E-state index in [-0.39, 0.29) is 6.10 Å². The van der Waals surface area contributed by atoms with Gasteiger partial charge in [0.05, 0.1) is 6.10 Å². The molecule has 0 saturated heterocycles. The van der Waals surface area contributed by atoms with E-state index >= 15 is 0 Å². The Morgan fingerprint density at radius 2 is 2.00 bits per heavy atom. The summed E-state index contributed by atoms with van der Waals surface area (Å²) in [5.41, 5.74) is 0. The largest absolute Gasteiger partial charge is 0.393 e. The molecule has 1 heteroatoms. The van der Waals surface area contributed by atoms with E-state index in [1.54, 1.807) is 0 Å². The molecule has 0 heterocycles. The van der Waals surface area contributed by atoms with Crippen LogP contribution in [0.25, 0.3) is 0 Å². The molecule has 1 saturated carbocycles. The van der Waals surface area contributed by atoms with E-state index in [0.29, 0.717) is 5.92 Å². The molecule has 0 amide bonds. The van der Waals surface area contributed by atoms with Gasteiger partial charge in [-0.05, 0) is 24.7 Å². The van der Waals surface area contributed by atoms with Gasteiger partial charge in [0, 0.05) is 0 Å². The average molecular weight is 170 g/mol. The Labute approximate surface area is 76.2 Å². The van der Waals surface area contributed by atoms with Crippen LogP contribution in [0.5, 0.6) is 0 Å². The third-order valence-electron chi connectivity index (χ3n) is 3.26. The lowest BCUT2D eigenvalue weighted by Crippen LogP contribution is -2.28. The molecule has 1 aliphatic rings. The molecule has 1 fully saturated rings. The lowest BCUT2D eigenvalue weighted by molar-refractivity contribution is 0.0469. The molecule has 3 atom stereocenters. The predicted octanol–water partition coefficient (Wildman–Crippen LogP) is 2.97. The van der Waals surface area contributed by atoms with Gasteiger partial charge in [-0.25, -0.2) is 0 Å². The van der Waals surface area contributed by atoms with Gasteiger partial charge < -0.3 is 5.11 Å². The number of hydrogen-bond donors (Lipinski definition) is 1. The zero-order valence-corrected chi connectivity index (χ0v) is 8.42. The first-order chi connectivity index (χ1) is 5.75. The van der Waals surface area contributed by atoms with Crippen molar-refractivity contribution in [2.45, 2.75) is 58.5 Å². The van der Waals surface area contributed by atoms with E-state index in [4.69, 9.17) is 0 Å². The lowest BCUT2D eigenvalue weighted by atomic mass is 9.76. The molecule has 72 valence electrons. The van der Waals surface area contributed by atoms with Crippen LogP contribution in [0.4, 0.5) is 0 Å². The zero-order chi connectivity index (χ0) is 8.97. The molecule has 0 aliphatic heterocycles. The fourth-order valence-corrected chi connectivity index (χ4v) is 2.43. The van der Waals surface area contributed by atoms with Crippen LogP contribution in [0.1, 0.15) is 52.4 Å². The third-order valence-corrected chi connectivity index (χ3v) is 3.26. The van der Waals surface area contributed by atoms with Gasteiger partial charge in [-0.2, -0.15) is 0 Å². The van der Waals surface area contributed by atoms with E-state index in [1.165, 1.54) is 25.7 Å². The Morgan fingerprint density at radius 1 is 1.33 bits per heavy atom. The molecule has 0 bridgehead atoms. The molecule has 0 spiro atoms. The zero-order valence-electron chi connectivity index (χ0n) is 8.42. The summed E-state index contributed by atoms with van der Waals surface area (Å²) in [4.78, 5) is 0.